The fourth-order valence-corrected chi connectivity index (χ4v) is 0.599. The summed E-state index contributed by atoms with van der Waals surface area (Å²) in [5.41, 5.74) is 0. The number of rotatable bonds is 3. The summed E-state index contributed by atoms with van der Waals surface area (Å²) in [6.45, 7) is 0. The minimum absolute atomic E-state index is 0. The van der Waals surface area contributed by atoms with Crippen molar-refractivity contribution in [3.63, 3.8) is 0 Å². The van der Waals surface area contributed by atoms with Crippen LogP contribution in [0.4, 0.5) is 0 Å². The molecule has 0 aliphatic heterocycles. The summed E-state index contributed by atoms with van der Waals surface area (Å²) in [6, 6.07) is 0. The zero-order valence-electron chi connectivity index (χ0n) is 4.26. The number of carboxylic acids is 1. The molecule has 0 atom stereocenters. The summed E-state index contributed by atoms with van der Waals surface area (Å²) < 4.78 is 0.935. The molecule has 0 aromatic rings. The molecular formula is C4H8ClIO2. The van der Waals surface area contributed by atoms with Crippen LogP contribution >= 0.6 is 35.0 Å². The van der Waals surface area contributed by atoms with E-state index in [4.69, 9.17) is 5.11 Å². The third-order valence-corrected chi connectivity index (χ3v) is 1.29. The quantitative estimate of drug-likeness (QED) is 0.611. The summed E-state index contributed by atoms with van der Waals surface area (Å²) in [6.07, 6.45) is 1.10. The summed E-state index contributed by atoms with van der Waals surface area (Å²) in [5.74, 6) is -0.698. The SMILES string of the molecule is Cl.O=C(O)CCCI. The van der Waals surface area contributed by atoms with E-state index >= 15 is 0 Å². The Labute approximate surface area is 68.2 Å². The van der Waals surface area contributed by atoms with Crippen molar-refractivity contribution < 1.29 is 9.90 Å². The lowest BCUT2D eigenvalue weighted by atomic mass is 10.3. The highest BCUT2D eigenvalue weighted by molar-refractivity contribution is 14.1. The second-order valence-corrected chi connectivity index (χ2v) is 2.27. The summed E-state index contributed by atoms with van der Waals surface area (Å²) >= 11 is 2.16. The van der Waals surface area contributed by atoms with Crippen molar-refractivity contribution in [1.29, 1.82) is 0 Å². The second-order valence-electron chi connectivity index (χ2n) is 1.19. The van der Waals surface area contributed by atoms with Gasteiger partial charge in [-0.2, -0.15) is 0 Å². The maximum absolute atomic E-state index is 9.75. The van der Waals surface area contributed by atoms with E-state index in [2.05, 4.69) is 22.6 Å². The van der Waals surface area contributed by atoms with E-state index < -0.39 is 5.97 Å². The van der Waals surface area contributed by atoms with Gasteiger partial charge in [0, 0.05) is 10.8 Å². The molecule has 0 heterocycles. The molecule has 2 nitrogen and oxygen atoms in total. The fourth-order valence-electron chi connectivity index (χ4n) is 0.218. The van der Waals surface area contributed by atoms with Crippen LogP contribution in [-0.2, 0) is 4.79 Å². The maximum Gasteiger partial charge on any atom is 0.303 e. The number of alkyl halides is 1. The van der Waals surface area contributed by atoms with E-state index in [9.17, 15) is 4.79 Å². The molecule has 8 heavy (non-hydrogen) atoms. The molecule has 0 fully saturated rings. The Morgan fingerprint density at radius 3 is 2.25 bits per heavy atom. The van der Waals surface area contributed by atoms with Gasteiger partial charge in [0.1, 0.15) is 0 Å². The van der Waals surface area contributed by atoms with Gasteiger partial charge < -0.3 is 5.11 Å². The fraction of sp³-hybridized carbons (Fsp3) is 0.750. The average molecular weight is 250 g/mol. The van der Waals surface area contributed by atoms with E-state index in [1.165, 1.54) is 0 Å². The van der Waals surface area contributed by atoms with Gasteiger partial charge in [-0.25, -0.2) is 0 Å². The Hall–Kier alpha value is 0.490. The zero-order chi connectivity index (χ0) is 5.70. The molecule has 50 valence electrons. The molecule has 0 aromatic carbocycles. The van der Waals surface area contributed by atoms with E-state index in [0.29, 0.717) is 6.42 Å². The summed E-state index contributed by atoms with van der Waals surface area (Å²) in [5, 5.41) is 8.04. The Kier molecular flexibility index (Phi) is 10.6. The van der Waals surface area contributed by atoms with Crippen molar-refractivity contribution in [3.8, 4) is 0 Å². The third-order valence-electron chi connectivity index (χ3n) is 0.524. The first-order valence-corrected chi connectivity index (χ1v) is 3.57. The van der Waals surface area contributed by atoms with Crippen molar-refractivity contribution >= 4 is 41.0 Å². The van der Waals surface area contributed by atoms with Gasteiger partial charge in [0.15, 0.2) is 0 Å². The lowest BCUT2D eigenvalue weighted by Crippen LogP contribution is -1.93. The molecule has 0 bridgehead atoms. The second kappa shape index (κ2) is 7.49. The number of carbonyl (C=O) groups is 1. The highest BCUT2D eigenvalue weighted by Crippen LogP contribution is 1.92. The molecule has 0 saturated carbocycles. The van der Waals surface area contributed by atoms with Crippen molar-refractivity contribution in [1.82, 2.24) is 0 Å². The molecule has 1 N–H and O–H groups in total. The van der Waals surface area contributed by atoms with Crippen LogP contribution in [0.1, 0.15) is 12.8 Å². The molecule has 0 aliphatic carbocycles. The van der Waals surface area contributed by atoms with E-state index in [0.717, 1.165) is 10.8 Å². The van der Waals surface area contributed by atoms with Gasteiger partial charge in [-0.15, -0.1) is 12.4 Å². The lowest BCUT2D eigenvalue weighted by Gasteiger charge is -1.84. The van der Waals surface area contributed by atoms with Crippen LogP contribution in [0, 0.1) is 0 Å². The van der Waals surface area contributed by atoms with E-state index in [1.807, 2.05) is 0 Å². The van der Waals surface area contributed by atoms with Gasteiger partial charge in [-0.05, 0) is 6.42 Å². The van der Waals surface area contributed by atoms with Crippen LogP contribution in [0.2, 0.25) is 0 Å². The Bertz CT molecular complexity index is 67.1. The van der Waals surface area contributed by atoms with Crippen molar-refractivity contribution in [3.05, 3.63) is 0 Å². The molecule has 4 heteroatoms. The Morgan fingerprint density at radius 2 is 2.12 bits per heavy atom. The van der Waals surface area contributed by atoms with Crippen LogP contribution in [0.25, 0.3) is 0 Å². The molecule has 0 aliphatic rings. The van der Waals surface area contributed by atoms with E-state index in [1.54, 1.807) is 0 Å². The molecule has 0 spiro atoms. The van der Waals surface area contributed by atoms with Gasteiger partial charge >= 0.3 is 5.97 Å². The van der Waals surface area contributed by atoms with Crippen LogP contribution in [0.3, 0.4) is 0 Å². The van der Waals surface area contributed by atoms with Gasteiger partial charge in [-0.3, -0.25) is 4.79 Å². The van der Waals surface area contributed by atoms with Gasteiger partial charge in [-0.1, -0.05) is 22.6 Å². The lowest BCUT2D eigenvalue weighted by molar-refractivity contribution is -0.136. The first-order valence-electron chi connectivity index (χ1n) is 2.05. The predicted molar refractivity (Wildman–Crippen MR) is 43.0 cm³/mol. The number of halogens is 2. The molecule has 0 aromatic heterocycles. The molecule has 0 saturated heterocycles. The largest absolute Gasteiger partial charge is 0.481 e. The molecule has 0 amide bonds. The van der Waals surface area contributed by atoms with Crippen LogP contribution < -0.4 is 0 Å². The Morgan fingerprint density at radius 1 is 1.62 bits per heavy atom. The topological polar surface area (TPSA) is 37.3 Å². The molecule has 0 radical (unpaired) electrons. The number of aliphatic carboxylic acids is 1. The highest BCUT2D eigenvalue weighted by atomic mass is 127. The number of hydrogen-bond donors (Lipinski definition) is 1. The van der Waals surface area contributed by atoms with Gasteiger partial charge in [0.25, 0.3) is 0 Å². The monoisotopic (exact) mass is 250 g/mol. The summed E-state index contributed by atoms with van der Waals surface area (Å²) in [7, 11) is 0. The minimum Gasteiger partial charge on any atom is -0.481 e. The van der Waals surface area contributed by atoms with Gasteiger partial charge in [0.2, 0.25) is 0 Å². The standard InChI is InChI=1S/C4H7IO2.ClH/c5-3-1-2-4(6)7;/h1-3H2,(H,6,7);1H. The minimum atomic E-state index is -0.698. The van der Waals surface area contributed by atoms with Crippen LogP contribution in [-0.4, -0.2) is 15.5 Å². The first-order chi connectivity index (χ1) is 3.27. The number of carboxylic acid groups (broad SMARTS) is 1. The maximum atomic E-state index is 9.75. The summed E-state index contributed by atoms with van der Waals surface area (Å²) in [4.78, 5) is 9.75. The highest BCUT2D eigenvalue weighted by Gasteiger charge is 1.91. The van der Waals surface area contributed by atoms with E-state index in [-0.39, 0.29) is 12.4 Å². The van der Waals surface area contributed by atoms with Crippen molar-refractivity contribution in [2.75, 3.05) is 4.43 Å². The van der Waals surface area contributed by atoms with Crippen molar-refractivity contribution in [2.45, 2.75) is 12.8 Å². The normalized spacial score (nSPS) is 7.62. The zero-order valence-corrected chi connectivity index (χ0v) is 7.24. The van der Waals surface area contributed by atoms with Crippen LogP contribution in [0.5, 0.6) is 0 Å². The molecule has 0 unspecified atom stereocenters. The average Bonchev–Trinajstić information content (AvgIpc) is 1.61. The van der Waals surface area contributed by atoms with Crippen LogP contribution in [0.15, 0.2) is 0 Å². The van der Waals surface area contributed by atoms with Gasteiger partial charge in [0.05, 0.1) is 0 Å². The first kappa shape index (κ1) is 11.3. The molecular weight excluding hydrogens is 242 g/mol. The smallest absolute Gasteiger partial charge is 0.303 e. The predicted octanol–water partition coefficient (Wildman–Crippen LogP) is 1.71. The van der Waals surface area contributed by atoms with Crippen molar-refractivity contribution in [2.24, 2.45) is 0 Å². The number of hydrogen-bond acceptors (Lipinski definition) is 1. The third kappa shape index (κ3) is 9.70. The molecule has 0 rings (SSSR count). The Balaban J connectivity index is 0.